The molecule has 0 aliphatic rings. The average Bonchev–Trinajstić information content (AvgIpc) is 2.75. The second-order valence-electron chi connectivity index (χ2n) is 6.33. The summed E-state index contributed by atoms with van der Waals surface area (Å²) in [5.74, 6) is 0.571. The molecule has 0 saturated heterocycles. The first-order valence-corrected chi connectivity index (χ1v) is 8.88. The lowest BCUT2D eigenvalue weighted by atomic mass is 10.2. The number of non-ortho nitro benzene ring substituents is 1. The van der Waals surface area contributed by atoms with Gasteiger partial charge in [-0.15, -0.1) is 0 Å². The maximum absolute atomic E-state index is 12.6. The van der Waals surface area contributed by atoms with Gasteiger partial charge in [-0.25, -0.2) is 0 Å². The lowest BCUT2D eigenvalue weighted by molar-refractivity contribution is -0.384. The van der Waals surface area contributed by atoms with Gasteiger partial charge in [-0.1, -0.05) is 12.1 Å². The second-order valence-corrected chi connectivity index (χ2v) is 6.33. The number of nitro groups is 1. The quantitative estimate of drug-likeness (QED) is 0.474. The van der Waals surface area contributed by atoms with E-state index in [2.05, 4.69) is 5.32 Å². The Kier molecular flexibility index (Phi) is 6.11. The zero-order valence-corrected chi connectivity index (χ0v) is 16.3. The van der Waals surface area contributed by atoms with Crippen LogP contribution in [0.25, 0.3) is 0 Å². The molecule has 1 aromatic heterocycles. The minimum Gasteiger partial charge on any atom is -0.493 e. The van der Waals surface area contributed by atoms with Crippen molar-refractivity contribution in [3.8, 4) is 11.5 Å². The van der Waals surface area contributed by atoms with Crippen LogP contribution in [0.4, 0.5) is 11.4 Å². The van der Waals surface area contributed by atoms with Gasteiger partial charge < -0.3 is 19.4 Å². The summed E-state index contributed by atoms with van der Waals surface area (Å²) in [4.78, 5) is 35.3. The van der Waals surface area contributed by atoms with Crippen molar-refractivity contribution < 1.29 is 19.2 Å². The number of aromatic nitrogens is 1. The van der Waals surface area contributed by atoms with E-state index in [9.17, 15) is 19.7 Å². The molecule has 1 amide bonds. The average molecular weight is 409 g/mol. The first-order chi connectivity index (χ1) is 14.4. The van der Waals surface area contributed by atoms with Crippen LogP contribution in [0, 0.1) is 10.1 Å². The Morgan fingerprint density at radius 3 is 2.53 bits per heavy atom. The Balaban J connectivity index is 1.82. The highest BCUT2D eigenvalue weighted by Crippen LogP contribution is 2.29. The number of anilines is 1. The number of pyridine rings is 1. The minimum atomic E-state index is -0.501. The van der Waals surface area contributed by atoms with E-state index in [0.29, 0.717) is 22.7 Å². The van der Waals surface area contributed by atoms with E-state index >= 15 is 0 Å². The van der Waals surface area contributed by atoms with E-state index in [1.807, 2.05) is 0 Å². The zero-order valence-electron chi connectivity index (χ0n) is 16.3. The Morgan fingerprint density at radius 2 is 1.83 bits per heavy atom. The van der Waals surface area contributed by atoms with Gasteiger partial charge in [0.05, 0.1) is 31.3 Å². The summed E-state index contributed by atoms with van der Waals surface area (Å²) in [5.41, 5.74) is 0.930. The summed E-state index contributed by atoms with van der Waals surface area (Å²) >= 11 is 0. The number of carbonyl (C=O) groups excluding carboxylic acids is 1. The molecule has 30 heavy (non-hydrogen) atoms. The number of nitrogens with one attached hydrogen (secondary N) is 1. The number of nitro benzene ring substituents is 1. The summed E-state index contributed by atoms with van der Waals surface area (Å²) < 4.78 is 11.7. The summed E-state index contributed by atoms with van der Waals surface area (Å²) in [5, 5.41) is 13.7. The van der Waals surface area contributed by atoms with Gasteiger partial charge in [-0.2, -0.15) is 0 Å². The summed E-state index contributed by atoms with van der Waals surface area (Å²) in [7, 11) is 3.01. The molecule has 1 N–H and O–H groups in total. The molecule has 0 fully saturated rings. The number of nitrogens with zero attached hydrogens (tertiary/aromatic N) is 2. The molecule has 0 aliphatic carbocycles. The van der Waals surface area contributed by atoms with Gasteiger partial charge in [0, 0.05) is 36.1 Å². The van der Waals surface area contributed by atoms with E-state index in [1.54, 1.807) is 30.3 Å². The first-order valence-electron chi connectivity index (χ1n) is 8.88. The molecule has 0 spiro atoms. The molecule has 3 rings (SSSR count). The number of methoxy groups -OCH3 is 2. The summed E-state index contributed by atoms with van der Waals surface area (Å²) in [6.45, 7) is 0.0952. The summed E-state index contributed by atoms with van der Waals surface area (Å²) in [6, 6.07) is 13.6. The van der Waals surface area contributed by atoms with E-state index in [0.717, 1.165) is 0 Å². The number of hydrogen-bond acceptors (Lipinski definition) is 6. The Morgan fingerprint density at radius 1 is 1.07 bits per heavy atom. The molecule has 2 aromatic carbocycles. The van der Waals surface area contributed by atoms with Gasteiger partial charge in [0.2, 0.25) is 0 Å². The lowest BCUT2D eigenvalue weighted by Crippen LogP contribution is -2.22. The third-order valence-electron chi connectivity index (χ3n) is 4.36. The molecule has 0 bridgehead atoms. The molecule has 0 unspecified atom stereocenters. The van der Waals surface area contributed by atoms with Crippen LogP contribution in [-0.4, -0.2) is 29.6 Å². The fraction of sp³-hybridized carbons (Fsp3) is 0.143. The third-order valence-corrected chi connectivity index (χ3v) is 4.36. The van der Waals surface area contributed by atoms with Crippen LogP contribution >= 0.6 is 0 Å². The van der Waals surface area contributed by atoms with Gasteiger partial charge in [0.25, 0.3) is 17.2 Å². The van der Waals surface area contributed by atoms with Gasteiger partial charge in [-0.05, 0) is 23.8 Å². The van der Waals surface area contributed by atoms with Crippen LogP contribution in [0.5, 0.6) is 11.5 Å². The molecular weight excluding hydrogens is 390 g/mol. The number of hydrogen-bond donors (Lipinski definition) is 1. The molecule has 9 nitrogen and oxygen atoms in total. The SMILES string of the molecule is COc1ccc(NC(=O)c2ccc(=O)n(Cc3cccc([N+](=O)[O-])c3)c2)cc1OC. The molecule has 0 saturated carbocycles. The van der Waals surface area contributed by atoms with Crippen molar-refractivity contribution in [1.82, 2.24) is 4.57 Å². The van der Waals surface area contributed by atoms with Crippen LogP contribution in [0.1, 0.15) is 15.9 Å². The van der Waals surface area contributed by atoms with Gasteiger partial charge in [-0.3, -0.25) is 19.7 Å². The van der Waals surface area contributed by atoms with Crippen LogP contribution in [0.15, 0.2) is 65.6 Å². The second kappa shape index (κ2) is 8.91. The Bertz CT molecular complexity index is 1160. The maximum Gasteiger partial charge on any atom is 0.269 e. The molecular formula is C21H19N3O6. The fourth-order valence-corrected chi connectivity index (χ4v) is 2.87. The van der Waals surface area contributed by atoms with E-state index in [-0.39, 0.29) is 23.4 Å². The Hall–Kier alpha value is -4.14. The van der Waals surface area contributed by atoms with Crippen molar-refractivity contribution in [2.75, 3.05) is 19.5 Å². The molecule has 0 radical (unpaired) electrons. The molecule has 154 valence electrons. The number of amides is 1. The highest BCUT2D eigenvalue weighted by Gasteiger charge is 2.12. The highest BCUT2D eigenvalue weighted by molar-refractivity contribution is 6.04. The standard InChI is InChI=1S/C21H19N3O6/c1-29-18-8-7-16(11-19(18)30-2)22-21(26)15-6-9-20(25)23(13-15)12-14-4-3-5-17(10-14)24(27)28/h3-11,13H,12H2,1-2H3,(H,22,26). The minimum absolute atomic E-state index is 0.0668. The molecule has 1 heterocycles. The van der Waals surface area contributed by atoms with Crippen molar-refractivity contribution in [3.63, 3.8) is 0 Å². The van der Waals surface area contributed by atoms with Crippen LogP contribution in [-0.2, 0) is 6.54 Å². The predicted molar refractivity (Wildman–Crippen MR) is 110 cm³/mol. The largest absolute Gasteiger partial charge is 0.493 e. The van der Waals surface area contributed by atoms with Crippen LogP contribution in [0.3, 0.4) is 0 Å². The highest BCUT2D eigenvalue weighted by atomic mass is 16.6. The number of rotatable bonds is 7. The summed E-state index contributed by atoms with van der Waals surface area (Å²) in [6.07, 6.45) is 1.41. The topological polar surface area (TPSA) is 113 Å². The monoisotopic (exact) mass is 409 g/mol. The normalized spacial score (nSPS) is 10.3. The number of carbonyl (C=O) groups is 1. The predicted octanol–water partition coefficient (Wildman–Crippen LogP) is 3.07. The Labute approximate surface area is 171 Å². The fourth-order valence-electron chi connectivity index (χ4n) is 2.87. The van der Waals surface area contributed by atoms with E-state index < -0.39 is 10.8 Å². The smallest absolute Gasteiger partial charge is 0.269 e. The first kappa shape index (κ1) is 20.6. The van der Waals surface area contributed by atoms with Gasteiger partial charge >= 0.3 is 0 Å². The number of ether oxygens (including phenoxy) is 2. The van der Waals surface area contributed by atoms with Crippen LogP contribution < -0.4 is 20.3 Å². The third kappa shape index (κ3) is 4.64. The van der Waals surface area contributed by atoms with Gasteiger partial charge in [0.1, 0.15) is 0 Å². The lowest BCUT2D eigenvalue weighted by Gasteiger charge is -2.12. The van der Waals surface area contributed by atoms with Gasteiger partial charge in [0.15, 0.2) is 11.5 Å². The molecule has 3 aromatic rings. The molecule has 0 atom stereocenters. The maximum atomic E-state index is 12.6. The zero-order chi connectivity index (χ0) is 21.7. The molecule has 0 aliphatic heterocycles. The van der Waals surface area contributed by atoms with Crippen molar-refractivity contribution in [2.45, 2.75) is 6.54 Å². The van der Waals surface area contributed by atoms with Crippen LogP contribution in [0.2, 0.25) is 0 Å². The number of benzene rings is 2. The van der Waals surface area contributed by atoms with Crippen molar-refractivity contribution in [3.05, 3.63) is 92.4 Å². The van der Waals surface area contributed by atoms with E-state index in [4.69, 9.17) is 9.47 Å². The van der Waals surface area contributed by atoms with E-state index in [1.165, 1.54) is 49.2 Å². The van der Waals surface area contributed by atoms with Crippen molar-refractivity contribution in [1.29, 1.82) is 0 Å². The van der Waals surface area contributed by atoms with Crippen molar-refractivity contribution in [2.24, 2.45) is 0 Å². The molecule has 9 heteroatoms. The van der Waals surface area contributed by atoms with Crippen molar-refractivity contribution >= 4 is 17.3 Å².